The Hall–Kier alpha value is -4.12. The lowest BCUT2D eigenvalue weighted by molar-refractivity contribution is -0.123. The van der Waals surface area contributed by atoms with Gasteiger partial charge in [-0.25, -0.2) is 4.85 Å². The lowest BCUT2D eigenvalue weighted by atomic mass is 9.83. The molecule has 8 nitrogen and oxygen atoms in total. The average molecular weight is 470 g/mol. The predicted octanol–water partition coefficient (Wildman–Crippen LogP) is 5.09. The van der Waals surface area contributed by atoms with Crippen LogP contribution in [0.2, 0.25) is 0 Å². The minimum Gasteiger partial charge on any atom is -0.358 e. The van der Waals surface area contributed by atoms with Gasteiger partial charge in [0.15, 0.2) is 5.69 Å². The number of carbonyl (C=O) groups is 1. The third kappa shape index (κ3) is 6.48. The molecule has 3 aromatic rings. The molecule has 2 heterocycles. The van der Waals surface area contributed by atoms with Crippen molar-refractivity contribution in [3.63, 3.8) is 0 Å². The lowest BCUT2D eigenvalue weighted by Gasteiger charge is -2.30. The molecule has 1 amide bonds. The van der Waals surface area contributed by atoms with Crippen molar-refractivity contribution < 1.29 is 4.79 Å². The molecule has 1 fully saturated rings. The molecule has 35 heavy (non-hydrogen) atoms. The highest BCUT2D eigenvalue weighted by Gasteiger charge is 2.30. The zero-order valence-corrected chi connectivity index (χ0v) is 19.8. The monoisotopic (exact) mass is 469 g/mol. The molecule has 1 aliphatic rings. The van der Waals surface area contributed by atoms with Gasteiger partial charge in [0.05, 0.1) is 6.57 Å². The molecule has 1 saturated carbocycles. The molecule has 0 spiro atoms. The Labute approximate surface area is 206 Å². The van der Waals surface area contributed by atoms with Crippen molar-refractivity contribution in [3.05, 3.63) is 84.5 Å². The highest BCUT2D eigenvalue weighted by molar-refractivity contribution is 5.84. The minimum absolute atomic E-state index is 0.0483. The second kappa shape index (κ2) is 11.8. The Morgan fingerprint density at radius 2 is 1.91 bits per heavy atom. The molecule has 180 valence electrons. The SMILES string of the molecule is [C-]#[N+]c1ccc(CNC(=O)C(Nc2cc(-n3cccc3)nc(NCC=C)n2)C2CCCCC2)cc1. The third-order valence-corrected chi connectivity index (χ3v) is 6.23. The van der Waals surface area contributed by atoms with Crippen LogP contribution in [0, 0.1) is 12.5 Å². The number of aromatic nitrogens is 3. The van der Waals surface area contributed by atoms with Gasteiger partial charge in [0.25, 0.3) is 0 Å². The molecular weight excluding hydrogens is 438 g/mol. The van der Waals surface area contributed by atoms with Crippen LogP contribution in [-0.4, -0.2) is 33.0 Å². The van der Waals surface area contributed by atoms with Crippen molar-refractivity contribution in [1.29, 1.82) is 0 Å². The smallest absolute Gasteiger partial charge is 0.243 e. The summed E-state index contributed by atoms with van der Waals surface area (Å²) in [6, 6.07) is 12.6. The van der Waals surface area contributed by atoms with Crippen molar-refractivity contribution in [1.82, 2.24) is 19.9 Å². The average Bonchev–Trinajstić information content (AvgIpc) is 3.45. The summed E-state index contributed by atoms with van der Waals surface area (Å²) in [5.41, 5.74) is 1.55. The van der Waals surface area contributed by atoms with Crippen LogP contribution in [0.5, 0.6) is 0 Å². The zero-order valence-electron chi connectivity index (χ0n) is 19.8. The van der Waals surface area contributed by atoms with Crippen LogP contribution in [0.1, 0.15) is 37.7 Å². The molecule has 1 atom stereocenters. The van der Waals surface area contributed by atoms with Crippen LogP contribution in [0.25, 0.3) is 10.7 Å². The number of nitrogens with one attached hydrogen (secondary N) is 3. The molecule has 1 aliphatic carbocycles. The van der Waals surface area contributed by atoms with Crippen molar-refractivity contribution in [3.8, 4) is 5.82 Å². The number of amides is 1. The van der Waals surface area contributed by atoms with Crippen molar-refractivity contribution >= 4 is 23.4 Å². The Bertz CT molecular complexity index is 1160. The summed E-state index contributed by atoms with van der Waals surface area (Å²) in [5, 5.41) is 9.69. The first kappa shape index (κ1) is 24.0. The number of hydrogen-bond donors (Lipinski definition) is 3. The second-order valence-electron chi connectivity index (χ2n) is 8.71. The molecule has 0 bridgehead atoms. The van der Waals surface area contributed by atoms with Crippen molar-refractivity contribution in [2.24, 2.45) is 5.92 Å². The van der Waals surface area contributed by atoms with Gasteiger partial charge in [0.1, 0.15) is 17.7 Å². The van der Waals surface area contributed by atoms with E-state index in [0.29, 0.717) is 36.4 Å². The van der Waals surface area contributed by atoms with Crippen molar-refractivity contribution in [2.75, 3.05) is 17.2 Å². The summed E-state index contributed by atoms with van der Waals surface area (Å²) in [4.78, 5) is 26.1. The van der Waals surface area contributed by atoms with Crippen LogP contribution in [0.15, 0.2) is 67.5 Å². The predicted molar refractivity (Wildman–Crippen MR) is 139 cm³/mol. The van der Waals surface area contributed by atoms with Gasteiger partial charge in [-0.05, 0) is 36.5 Å². The lowest BCUT2D eigenvalue weighted by Crippen LogP contribution is -2.45. The minimum atomic E-state index is -0.405. The summed E-state index contributed by atoms with van der Waals surface area (Å²) in [6.45, 7) is 11.8. The molecule has 8 heteroatoms. The normalized spacial score (nSPS) is 14.5. The molecular formula is C27H31N7O. The van der Waals surface area contributed by atoms with E-state index in [4.69, 9.17) is 6.57 Å². The molecule has 0 radical (unpaired) electrons. The van der Waals surface area contributed by atoms with Crippen molar-refractivity contribution in [2.45, 2.75) is 44.7 Å². The second-order valence-corrected chi connectivity index (χ2v) is 8.71. The molecule has 1 aromatic carbocycles. The summed E-state index contributed by atoms with van der Waals surface area (Å²) < 4.78 is 1.91. The van der Waals surface area contributed by atoms with E-state index in [1.807, 2.05) is 47.3 Å². The Kier molecular flexibility index (Phi) is 8.12. The number of nitrogens with zero attached hydrogens (tertiary/aromatic N) is 4. The zero-order chi connectivity index (χ0) is 24.5. The van der Waals surface area contributed by atoms with Crippen LogP contribution in [-0.2, 0) is 11.3 Å². The number of carbonyl (C=O) groups excluding carboxylic acids is 1. The molecule has 1 unspecified atom stereocenters. The van der Waals surface area contributed by atoms with E-state index in [1.54, 1.807) is 18.2 Å². The molecule has 4 rings (SSSR count). The van der Waals surface area contributed by atoms with E-state index in [9.17, 15) is 4.79 Å². The number of anilines is 2. The number of benzene rings is 1. The molecule has 0 aliphatic heterocycles. The fourth-order valence-electron chi connectivity index (χ4n) is 4.38. The van der Waals surface area contributed by atoms with Gasteiger partial charge in [0.2, 0.25) is 11.9 Å². The summed E-state index contributed by atoms with van der Waals surface area (Å²) >= 11 is 0. The van der Waals surface area contributed by atoms with E-state index in [-0.39, 0.29) is 11.8 Å². The van der Waals surface area contributed by atoms with Crippen LogP contribution >= 0.6 is 0 Å². The number of hydrogen-bond acceptors (Lipinski definition) is 5. The Morgan fingerprint density at radius 3 is 2.60 bits per heavy atom. The van der Waals surface area contributed by atoms with E-state index >= 15 is 0 Å². The van der Waals surface area contributed by atoms with Gasteiger partial charge in [-0.1, -0.05) is 49.6 Å². The highest BCUT2D eigenvalue weighted by atomic mass is 16.2. The highest BCUT2D eigenvalue weighted by Crippen LogP contribution is 2.29. The molecule has 0 saturated heterocycles. The summed E-state index contributed by atoms with van der Waals surface area (Å²) in [5.74, 6) is 1.96. The van der Waals surface area contributed by atoms with E-state index in [1.165, 1.54) is 6.42 Å². The van der Waals surface area contributed by atoms with Gasteiger partial charge < -0.3 is 20.5 Å². The first-order chi connectivity index (χ1) is 17.2. The molecule has 3 N–H and O–H groups in total. The first-order valence-corrected chi connectivity index (χ1v) is 12.0. The number of rotatable bonds is 10. The largest absolute Gasteiger partial charge is 0.358 e. The topological polar surface area (TPSA) is 88.2 Å². The Balaban J connectivity index is 1.55. The van der Waals surface area contributed by atoms with Crippen LogP contribution in [0.3, 0.4) is 0 Å². The maximum absolute atomic E-state index is 13.4. The van der Waals surface area contributed by atoms with Gasteiger partial charge in [0, 0.05) is 31.5 Å². The van der Waals surface area contributed by atoms with E-state index in [0.717, 1.165) is 31.2 Å². The molecule has 2 aromatic heterocycles. The van der Waals surface area contributed by atoms with E-state index < -0.39 is 6.04 Å². The Morgan fingerprint density at radius 1 is 1.17 bits per heavy atom. The van der Waals surface area contributed by atoms with Crippen LogP contribution in [0.4, 0.5) is 17.5 Å². The quantitative estimate of drug-likeness (QED) is 0.284. The van der Waals surface area contributed by atoms with Gasteiger partial charge in [-0.2, -0.15) is 9.97 Å². The van der Waals surface area contributed by atoms with Gasteiger partial charge in [-0.3, -0.25) is 4.79 Å². The third-order valence-electron chi connectivity index (χ3n) is 6.23. The van der Waals surface area contributed by atoms with E-state index in [2.05, 4.69) is 37.3 Å². The standard InChI is InChI=1S/C27H31N7O/c1-3-15-29-27-32-23(18-24(33-27)34-16-7-8-17-34)31-25(21-9-5-4-6-10-21)26(35)30-19-20-11-13-22(28-2)14-12-20/h3,7-8,11-14,16-18,21,25H,1,4-6,9-10,15,19H2,(H,30,35)(H2,29,31,32,33). The summed E-state index contributed by atoms with van der Waals surface area (Å²) in [6.07, 6.45) is 11.1. The van der Waals surface area contributed by atoms with Gasteiger partial charge in [-0.15, -0.1) is 6.58 Å². The fraction of sp³-hybridized carbons (Fsp3) is 0.333. The van der Waals surface area contributed by atoms with Gasteiger partial charge >= 0.3 is 0 Å². The fourth-order valence-corrected chi connectivity index (χ4v) is 4.38. The maximum Gasteiger partial charge on any atom is 0.243 e. The maximum atomic E-state index is 13.4. The van der Waals surface area contributed by atoms with Crippen LogP contribution < -0.4 is 16.0 Å². The first-order valence-electron chi connectivity index (χ1n) is 12.0. The summed E-state index contributed by atoms with van der Waals surface area (Å²) in [7, 11) is 0.